The molecule has 0 aliphatic carbocycles. The van der Waals surface area contributed by atoms with Crippen molar-refractivity contribution in [2.75, 3.05) is 13.7 Å². The second-order valence-corrected chi connectivity index (χ2v) is 5.87. The summed E-state index contributed by atoms with van der Waals surface area (Å²) in [6, 6.07) is 12.6. The van der Waals surface area contributed by atoms with E-state index >= 15 is 0 Å². The summed E-state index contributed by atoms with van der Waals surface area (Å²) in [6.45, 7) is 2.83. The van der Waals surface area contributed by atoms with Gasteiger partial charge >= 0.3 is 0 Å². The molecule has 110 valence electrons. The number of rotatable bonds is 3. The molecular weight excluding hydrogens is 282 g/mol. The minimum absolute atomic E-state index is 0.0467. The predicted molar refractivity (Wildman–Crippen MR) is 87.3 cm³/mol. The van der Waals surface area contributed by atoms with Gasteiger partial charge in [0.1, 0.15) is 5.75 Å². The molecule has 3 heteroatoms. The minimum atomic E-state index is 0.0467. The average molecular weight is 302 g/mol. The van der Waals surface area contributed by atoms with Crippen molar-refractivity contribution in [2.45, 2.75) is 25.8 Å². The highest BCUT2D eigenvalue weighted by molar-refractivity contribution is 6.32. The van der Waals surface area contributed by atoms with Crippen LogP contribution >= 0.6 is 11.6 Å². The molecule has 0 saturated carbocycles. The summed E-state index contributed by atoms with van der Waals surface area (Å²) in [5, 5.41) is 4.21. The first-order valence-electron chi connectivity index (χ1n) is 7.39. The smallest absolute Gasteiger partial charge is 0.127 e. The predicted octanol–water partition coefficient (Wildman–Crippen LogP) is 4.28. The van der Waals surface area contributed by atoms with Crippen molar-refractivity contribution < 1.29 is 4.74 Å². The van der Waals surface area contributed by atoms with Crippen molar-refractivity contribution in [3.05, 3.63) is 63.7 Å². The number of nitrogens with one attached hydrogen (secondary N) is 1. The van der Waals surface area contributed by atoms with E-state index in [2.05, 4.69) is 35.6 Å². The Bertz CT molecular complexity index is 654. The molecular formula is C18H20ClNO. The van der Waals surface area contributed by atoms with E-state index < -0.39 is 0 Å². The molecule has 3 rings (SSSR count). The van der Waals surface area contributed by atoms with Crippen LogP contribution in [0.5, 0.6) is 5.75 Å². The second-order valence-electron chi connectivity index (χ2n) is 5.49. The van der Waals surface area contributed by atoms with Gasteiger partial charge in [-0.25, -0.2) is 0 Å². The zero-order valence-electron chi connectivity index (χ0n) is 12.4. The summed E-state index contributed by atoms with van der Waals surface area (Å²) in [5.74, 6) is 1.03. The standard InChI is InChI=1S/C18H20ClNO/c1-12-6-3-9-14(16(12)19)17(20-2)15-10-4-7-13-8-5-11-21-18(13)15/h3-4,6-7,9-10,17,20H,5,8,11H2,1-2H3. The Kier molecular flexibility index (Phi) is 4.18. The summed E-state index contributed by atoms with van der Waals surface area (Å²) in [6.07, 6.45) is 2.17. The minimum Gasteiger partial charge on any atom is -0.493 e. The number of aryl methyl sites for hydroxylation is 2. The molecule has 2 aromatic carbocycles. The lowest BCUT2D eigenvalue weighted by Crippen LogP contribution is -2.21. The Morgan fingerprint density at radius 2 is 1.90 bits per heavy atom. The van der Waals surface area contributed by atoms with Gasteiger partial charge in [-0.15, -0.1) is 0 Å². The van der Waals surface area contributed by atoms with Crippen LogP contribution in [0.15, 0.2) is 36.4 Å². The Balaban J connectivity index is 2.11. The van der Waals surface area contributed by atoms with Crippen molar-refractivity contribution in [1.82, 2.24) is 5.32 Å². The summed E-state index contributed by atoms with van der Waals surface area (Å²) in [5.41, 5.74) is 4.66. The molecule has 0 aromatic heterocycles. The van der Waals surface area contributed by atoms with E-state index in [-0.39, 0.29) is 6.04 Å². The van der Waals surface area contributed by atoms with Gasteiger partial charge in [-0.2, -0.15) is 0 Å². The van der Waals surface area contributed by atoms with Crippen LogP contribution in [0.3, 0.4) is 0 Å². The van der Waals surface area contributed by atoms with Gasteiger partial charge in [0.15, 0.2) is 0 Å². The summed E-state index contributed by atoms with van der Waals surface area (Å²) >= 11 is 6.52. The first-order valence-corrected chi connectivity index (χ1v) is 7.77. The Morgan fingerprint density at radius 1 is 1.14 bits per heavy atom. The zero-order chi connectivity index (χ0) is 14.8. The third-order valence-corrected chi connectivity index (χ3v) is 4.61. The molecule has 0 saturated heterocycles. The number of halogens is 1. The van der Waals surface area contributed by atoms with E-state index in [1.807, 2.05) is 20.0 Å². The first kappa shape index (κ1) is 14.4. The first-order chi connectivity index (χ1) is 10.2. The quantitative estimate of drug-likeness (QED) is 0.913. The number of fused-ring (bicyclic) bond motifs is 1. The molecule has 1 aliphatic rings. The fourth-order valence-electron chi connectivity index (χ4n) is 3.01. The van der Waals surface area contributed by atoms with Crippen LogP contribution in [0.4, 0.5) is 0 Å². The maximum Gasteiger partial charge on any atom is 0.127 e. The van der Waals surface area contributed by atoms with Gasteiger partial charge in [-0.1, -0.05) is 48.0 Å². The highest BCUT2D eigenvalue weighted by Gasteiger charge is 2.23. The molecule has 2 nitrogen and oxygen atoms in total. The lowest BCUT2D eigenvalue weighted by molar-refractivity contribution is 0.283. The highest BCUT2D eigenvalue weighted by atomic mass is 35.5. The van der Waals surface area contributed by atoms with E-state index in [1.165, 1.54) is 11.1 Å². The van der Waals surface area contributed by atoms with E-state index in [9.17, 15) is 0 Å². The SMILES string of the molecule is CNC(c1cccc(C)c1Cl)c1cccc2c1OCCC2. The van der Waals surface area contributed by atoms with Crippen molar-refractivity contribution in [1.29, 1.82) is 0 Å². The molecule has 2 aromatic rings. The number of ether oxygens (including phenoxy) is 1. The molecule has 1 N–H and O–H groups in total. The van der Waals surface area contributed by atoms with Crippen LogP contribution in [0.1, 0.15) is 34.7 Å². The molecule has 21 heavy (non-hydrogen) atoms. The largest absolute Gasteiger partial charge is 0.493 e. The van der Waals surface area contributed by atoms with Crippen molar-refractivity contribution in [2.24, 2.45) is 0 Å². The highest BCUT2D eigenvalue weighted by Crippen LogP contribution is 2.38. The maximum atomic E-state index is 6.52. The Hall–Kier alpha value is -1.51. The number of para-hydroxylation sites is 1. The molecule has 0 amide bonds. The molecule has 1 heterocycles. The van der Waals surface area contributed by atoms with E-state index in [1.54, 1.807) is 0 Å². The number of hydrogen-bond acceptors (Lipinski definition) is 2. The van der Waals surface area contributed by atoms with Crippen LogP contribution in [0, 0.1) is 6.92 Å². The fourth-order valence-corrected chi connectivity index (χ4v) is 3.25. The molecule has 0 bridgehead atoms. The lowest BCUT2D eigenvalue weighted by Gasteiger charge is -2.26. The van der Waals surface area contributed by atoms with E-state index in [0.29, 0.717) is 0 Å². The van der Waals surface area contributed by atoms with Crippen LogP contribution in [0.2, 0.25) is 5.02 Å². The number of benzene rings is 2. The monoisotopic (exact) mass is 301 g/mol. The zero-order valence-corrected chi connectivity index (χ0v) is 13.2. The summed E-state index contributed by atoms with van der Waals surface area (Å²) in [7, 11) is 1.96. The molecule has 0 fully saturated rings. The van der Waals surface area contributed by atoms with Gasteiger partial charge in [-0.3, -0.25) is 0 Å². The van der Waals surface area contributed by atoms with Gasteiger partial charge < -0.3 is 10.1 Å². The topological polar surface area (TPSA) is 21.3 Å². The van der Waals surface area contributed by atoms with Crippen molar-refractivity contribution in [3.63, 3.8) is 0 Å². The normalized spacial score (nSPS) is 15.2. The number of hydrogen-bond donors (Lipinski definition) is 1. The van der Waals surface area contributed by atoms with Crippen LogP contribution < -0.4 is 10.1 Å². The second kappa shape index (κ2) is 6.08. The maximum absolute atomic E-state index is 6.52. The molecule has 0 spiro atoms. The molecule has 0 radical (unpaired) electrons. The fraction of sp³-hybridized carbons (Fsp3) is 0.333. The third kappa shape index (κ3) is 2.66. The van der Waals surface area contributed by atoms with Crippen LogP contribution in [0.25, 0.3) is 0 Å². The van der Waals surface area contributed by atoms with Crippen molar-refractivity contribution >= 4 is 11.6 Å². The van der Waals surface area contributed by atoms with Crippen molar-refractivity contribution in [3.8, 4) is 5.75 Å². The van der Waals surface area contributed by atoms with Gasteiger partial charge in [0, 0.05) is 10.6 Å². The van der Waals surface area contributed by atoms with Gasteiger partial charge in [0.05, 0.1) is 12.6 Å². The van der Waals surface area contributed by atoms with Gasteiger partial charge in [0.25, 0.3) is 0 Å². The summed E-state index contributed by atoms with van der Waals surface area (Å²) in [4.78, 5) is 0. The van der Waals surface area contributed by atoms with Gasteiger partial charge in [0.2, 0.25) is 0 Å². The van der Waals surface area contributed by atoms with Gasteiger partial charge in [-0.05, 0) is 43.5 Å². The lowest BCUT2D eigenvalue weighted by atomic mass is 9.93. The van der Waals surface area contributed by atoms with Crippen LogP contribution in [-0.2, 0) is 6.42 Å². The summed E-state index contributed by atoms with van der Waals surface area (Å²) < 4.78 is 5.95. The average Bonchev–Trinajstić information content (AvgIpc) is 2.52. The Labute approximate surface area is 131 Å². The third-order valence-electron chi connectivity index (χ3n) is 4.10. The van der Waals surface area contributed by atoms with Crippen LogP contribution in [-0.4, -0.2) is 13.7 Å². The molecule has 1 aliphatic heterocycles. The Morgan fingerprint density at radius 3 is 2.71 bits per heavy atom. The van der Waals surface area contributed by atoms with E-state index in [0.717, 1.165) is 41.3 Å². The molecule has 1 unspecified atom stereocenters. The molecule has 1 atom stereocenters. The van der Waals surface area contributed by atoms with E-state index in [4.69, 9.17) is 16.3 Å².